The molecule has 1 aromatic rings. The van der Waals surface area contributed by atoms with E-state index in [0.29, 0.717) is 12.8 Å². The van der Waals surface area contributed by atoms with Gasteiger partial charge in [-0.1, -0.05) is 70.0 Å². The van der Waals surface area contributed by atoms with Gasteiger partial charge in [0.15, 0.2) is 0 Å². The van der Waals surface area contributed by atoms with E-state index in [1.807, 2.05) is 6.08 Å². The molecule has 1 aliphatic carbocycles. The first-order chi connectivity index (χ1) is 14.7. The van der Waals surface area contributed by atoms with Crippen molar-refractivity contribution in [2.75, 3.05) is 0 Å². The smallest absolute Gasteiger partial charge is 0.303 e. The number of aliphatic hydroxyl groups is 2. The second-order valence-corrected chi connectivity index (χ2v) is 10.1. The van der Waals surface area contributed by atoms with Crippen molar-refractivity contribution in [2.45, 2.75) is 101 Å². The Morgan fingerprint density at radius 1 is 1.23 bits per heavy atom. The van der Waals surface area contributed by atoms with E-state index in [0.717, 1.165) is 43.2 Å². The van der Waals surface area contributed by atoms with Crippen LogP contribution in [-0.4, -0.2) is 38.9 Å². The van der Waals surface area contributed by atoms with E-state index in [4.69, 9.17) is 16.7 Å². The van der Waals surface area contributed by atoms with E-state index in [1.54, 1.807) is 0 Å². The van der Waals surface area contributed by atoms with E-state index in [2.05, 4.69) is 51.1 Å². The quantitative estimate of drug-likeness (QED) is 0.214. The van der Waals surface area contributed by atoms with Crippen LogP contribution in [0.4, 0.5) is 0 Å². The lowest BCUT2D eigenvalue weighted by molar-refractivity contribution is -0.137. The maximum absolute atomic E-state index is 10.7. The summed E-state index contributed by atoms with van der Waals surface area (Å²) in [5, 5.41) is 30.0. The number of benzene rings is 1. The van der Waals surface area contributed by atoms with E-state index < -0.39 is 12.1 Å². The number of hydrogen-bond donors (Lipinski definition) is 3. The molecule has 0 radical (unpaired) electrons. The first-order valence-corrected chi connectivity index (χ1v) is 12.1. The normalized spacial score (nSPS) is 25.2. The van der Waals surface area contributed by atoms with E-state index >= 15 is 0 Å². The molecular formula is C26H39ClO4. The third-order valence-corrected chi connectivity index (χ3v) is 7.35. The third-order valence-electron chi connectivity index (χ3n) is 6.85. The monoisotopic (exact) mass is 450 g/mol. The van der Waals surface area contributed by atoms with Crippen LogP contribution in [0.25, 0.3) is 0 Å². The van der Waals surface area contributed by atoms with Gasteiger partial charge in [0.05, 0.1) is 12.2 Å². The van der Waals surface area contributed by atoms with Gasteiger partial charge in [0.2, 0.25) is 0 Å². The Labute approximate surface area is 192 Å². The van der Waals surface area contributed by atoms with Crippen LogP contribution in [0.5, 0.6) is 0 Å². The standard InChI is InChI=1S/C26H39ClO4/c1-4-5-11-23(29)26(2,3)19-15-13-18(14-16-19)25-20(21(27)17-22(25)28)10-8-6-7-9-12-24(30)31/h6,8,13-16,20-23,25,28-29H,4-5,7,9-12,17H2,1-3H3,(H,30,31)/t20-,21+,22+,23?,25+/m0/s1. The molecule has 1 unspecified atom stereocenters. The molecule has 1 aromatic carbocycles. The van der Waals surface area contributed by atoms with Gasteiger partial charge < -0.3 is 15.3 Å². The number of carboxylic acids is 1. The number of carbonyl (C=O) groups is 1. The Balaban J connectivity index is 2.06. The number of unbranched alkanes of at least 4 members (excludes halogenated alkanes) is 2. The van der Waals surface area contributed by atoms with Crippen molar-refractivity contribution in [1.82, 2.24) is 0 Å². The number of carboxylic acid groups (broad SMARTS) is 1. The minimum atomic E-state index is -0.766. The second-order valence-electron chi connectivity index (χ2n) is 9.50. The first kappa shape index (κ1) is 25.9. The van der Waals surface area contributed by atoms with Crippen LogP contribution in [0, 0.1) is 5.92 Å². The molecule has 1 fully saturated rings. The molecule has 5 heteroatoms. The predicted octanol–water partition coefficient (Wildman–Crippen LogP) is 5.79. The lowest BCUT2D eigenvalue weighted by atomic mass is 9.76. The first-order valence-electron chi connectivity index (χ1n) is 11.7. The summed E-state index contributed by atoms with van der Waals surface area (Å²) in [5.74, 6) is -0.646. The van der Waals surface area contributed by atoms with Crippen LogP contribution in [0.3, 0.4) is 0 Å². The van der Waals surface area contributed by atoms with Crippen LogP contribution >= 0.6 is 11.6 Å². The fourth-order valence-corrected chi connectivity index (χ4v) is 5.10. The van der Waals surface area contributed by atoms with Gasteiger partial charge in [0, 0.05) is 23.1 Å². The Hall–Kier alpha value is -1.36. The fraction of sp³-hybridized carbons (Fsp3) is 0.654. The zero-order chi connectivity index (χ0) is 23.0. The van der Waals surface area contributed by atoms with Crippen LogP contribution in [0.1, 0.15) is 89.2 Å². The van der Waals surface area contributed by atoms with Crippen molar-refractivity contribution in [3.63, 3.8) is 0 Å². The molecule has 4 nitrogen and oxygen atoms in total. The molecule has 31 heavy (non-hydrogen) atoms. The number of aliphatic hydroxyl groups excluding tert-OH is 2. The van der Waals surface area contributed by atoms with Gasteiger partial charge >= 0.3 is 5.97 Å². The van der Waals surface area contributed by atoms with Crippen molar-refractivity contribution in [1.29, 1.82) is 0 Å². The average Bonchev–Trinajstić information content (AvgIpc) is 3.01. The van der Waals surface area contributed by atoms with Gasteiger partial charge in [-0.3, -0.25) is 4.79 Å². The summed E-state index contributed by atoms with van der Waals surface area (Å²) in [6.45, 7) is 6.30. The van der Waals surface area contributed by atoms with Gasteiger partial charge in [-0.25, -0.2) is 0 Å². The lowest BCUT2D eigenvalue weighted by Crippen LogP contribution is -2.33. The average molecular weight is 451 g/mol. The minimum absolute atomic E-state index is 0.0200. The van der Waals surface area contributed by atoms with Gasteiger partial charge in [0.25, 0.3) is 0 Å². The summed E-state index contributed by atoms with van der Waals surface area (Å²) < 4.78 is 0. The number of allylic oxidation sites excluding steroid dienone is 2. The molecule has 1 aliphatic rings. The molecular weight excluding hydrogens is 412 g/mol. The molecule has 0 aliphatic heterocycles. The third kappa shape index (κ3) is 7.06. The lowest BCUT2D eigenvalue weighted by Gasteiger charge is -2.32. The highest BCUT2D eigenvalue weighted by Crippen LogP contribution is 2.45. The molecule has 1 saturated carbocycles. The van der Waals surface area contributed by atoms with E-state index in [-0.39, 0.29) is 35.2 Å². The molecule has 0 bridgehead atoms. The second kappa shape index (κ2) is 12.0. The van der Waals surface area contributed by atoms with Gasteiger partial charge in [-0.2, -0.15) is 0 Å². The number of hydrogen-bond acceptors (Lipinski definition) is 3. The summed E-state index contributed by atoms with van der Waals surface area (Å²) in [4.78, 5) is 10.6. The number of alkyl halides is 1. The maximum atomic E-state index is 10.7. The van der Waals surface area contributed by atoms with Gasteiger partial charge in [-0.05, 0) is 49.1 Å². The summed E-state index contributed by atoms with van der Waals surface area (Å²) in [7, 11) is 0. The predicted molar refractivity (Wildman–Crippen MR) is 127 cm³/mol. The van der Waals surface area contributed by atoms with Crippen LogP contribution in [-0.2, 0) is 10.2 Å². The van der Waals surface area contributed by atoms with Crippen molar-refractivity contribution in [2.24, 2.45) is 5.92 Å². The Morgan fingerprint density at radius 3 is 2.52 bits per heavy atom. The van der Waals surface area contributed by atoms with Crippen molar-refractivity contribution >= 4 is 17.6 Å². The van der Waals surface area contributed by atoms with Crippen LogP contribution in [0.2, 0.25) is 0 Å². The molecule has 0 aromatic heterocycles. The van der Waals surface area contributed by atoms with Crippen LogP contribution < -0.4 is 0 Å². The van der Waals surface area contributed by atoms with Gasteiger partial charge in [-0.15, -0.1) is 11.6 Å². The van der Waals surface area contributed by atoms with Crippen LogP contribution in [0.15, 0.2) is 36.4 Å². The Kier molecular flexibility index (Phi) is 10.1. The number of aliphatic carboxylic acids is 1. The SMILES string of the molecule is CCCCC(O)C(C)(C)c1ccc([C@@H]2[C@@H](CC=CCCCC(=O)O)[C@H](Cl)C[C@H]2O)cc1. The maximum Gasteiger partial charge on any atom is 0.303 e. The summed E-state index contributed by atoms with van der Waals surface area (Å²) in [6.07, 6.45) is 9.02. The van der Waals surface area contributed by atoms with Crippen molar-refractivity contribution in [3.05, 3.63) is 47.5 Å². The van der Waals surface area contributed by atoms with Crippen molar-refractivity contribution < 1.29 is 20.1 Å². The molecule has 0 amide bonds. The topological polar surface area (TPSA) is 77.8 Å². The highest BCUT2D eigenvalue weighted by molar-refractivity contribution is 6.21. The molecule has 3 N–H and O–H groups in total. The number of halogens is 1. The summed E-state index contributed by atoms with van der Waals surface area (Å²) in [5.41, 5.74) is 1.86. The molecule has 2 rings (SSSR count). The van der Waals surface area contributed by atoms with E-state index in [1.165, 1.54) is 0 Å². The fourth-order valence-electron chi connectivity index (χ4n) is 4.65. The Bertz CT molecular complexity index is 713. The highest BCUT2D eigenvalue weighted by Gasteiger charge is 2.41. The molecule has 174 valence electrons. The molecule has 5 atom stereocenters. The zero-order valence-electron chi connectivity index (χ0n) is 19.1. The summed E-state index contributed by atoms with van der Waals surface area (Å²) in [6, 6.07) is 8.32. The summed E-state index contributed by atoms with van der Waals surface area (Å²) >= 11 is 6.59. The number of rotatable bonds is 12. The molecule has 0 saturated heterocycles. The molecule has 0 heterocycles. The highest BCUT2D eigenvalue weighted by atomic mass is 35.5. The minimum Gasteiger partial charge on any atom is -0.481 e. The van der Waals surface area contributed by atoms with Crippen molar-refractivity contribution in [3.8, 4) is 0 Å². The zero-order valence-corrected chi connectivity index (χ0v) is 19.9. The molecule has 0 spiro atoms. The largest absolute Gasteiger partial charge is 0.481 e. The van der Waals surface area contributed by atoms with Gasteiger partial charge in [0.1, 0.15) is 0 Å². The van der Waals surface area contributed by atoms with E-state index in [9.17, 15) is 15.0 Å². The Morgan fingerprint density at radius 2 is 1.90 bits per heavy atom.